The Morgan fingerprint density at radius 1 is 1.06 bits per heavy atom. The highest BCUT2D eigenvalue weighted by Crippen LogP contribution is 2.52. The van der Waals surface area contributed by atoms with E-state index in [1.54, 1.807) is 13.4 Å². The lowest BCUT2D eigenvalue weighted by Crippen LogP contribution is -2.51. The normalized spacial score (nSPS) is 20.9. The third-order valence-corrected chi connectivity index (χ3v) is 7.85. The Morgan fingerprint density at radius 3 is 2.58 bits per heavy atom. The predicted octanol–water partition coefficient (Wildman–Crippen LogP) is 5.09. The molecule has 1 amide bonds. The molecule has 0 saturated carbocycles. The van der Waals surface area contributed by atoms with Crippen LogP contribution in [-0.2, 0) is 26.2 Å². The molecule has 5 rings (SSSR count). The first-order valence-electron chi connectivity index (χ1n) is 13.0. The minimum atomic E-state index is -0.142. The van der Waals surface area contributed by atoms with Crippen molar-refractivity contribution in [2.75, 3.05) is 33.4 Å². The number of ether oxygens (including phenoxy) is 2. The Hall–Kier alpha value is -2.93. The lowest BCUT2D eigenvalue weighted by atomic mass is 9.71. The van der Waals surface area contributed by atoms with Gasteiger partial charge in [-0.1, -0.05) is 55.5 Å². The number of benzene rings is 2. The van der Waals surface area contributed by atoms with E-state index in [-0.39, 0.29) is 23.5 Å². The molecule has 1 aromatic heterocycles. The number of rotatable bonds is 9. The molecule has 0 unspecified atom stereocenters. The number of hydrogen-bond donors (Lipinski definition) is 1. The molecule has 36 heavy (non-hydrogen) atoms. The van der Waals surface area contributed by atoms with Crippen molar-refractivity contribution in [3.8, 4) is 11.3 Å². The third-order valence-electron chi connectivity index (χ3n) is 7.85. The van der Waals surface area contributed by atoms with E-state index in [2.05, 4.69) is 58.7 Å². The Morgan fingerprint density at radius 2 is 1.83 bits per heavy atom. The van der Waals surface area contributed by atoms with Crippen LogP contribution in [0.15, 0.2) is 71.3 Å². The van der Waals surface area contributed by atoms with Crippen LogP contribution < -0.4 is 5.32 Å². The Balaban J connectivity index is 1.38. The maximum atomic E-state index is 12.5. The largest absolute Gasteiger partial charge is 0.464 e. The molecule has 1 saturated heterocycles. The van der Waals surface area contributed by atoms with Gasteiger partial charge >= 0.3 is 0 Å². The van der Waals surface area contributed by atoms with Crippen LogP contribution in [0.2, 0.25) is 0 Å². The van der Waals surface area contributed by atoms with Crippen LogP contribution in [0.3, 0.4) is 0 Å². The van der Waals surface area contributed by atoms with E-state index in [4.69, 9.17) is 13.9 Å². The number of nitrogens with zero attached hydrogens (tertiary/aromatic N) is 1. The molecular formula is C30H36N2O4. The van der Waals surface area contributed by atoms with E-state index < -0.39 is 0 Å². The summed E-state index contributed by atoms with van der Waals surface area (Å²) < 4.78 is 17.5. The second kappa shape index (κ2) is 11.0. The molecule has 0 bridgehead atoms. The van der Waals surface area contributed by atoms with Crippen molar-refractivity contribution in [3.05, 3.63) is 83.6 Å². The van der Waals surface area contributed by atoms with Crippen molar-refractivity contribution < 1.29 is 18.7 Å². The molecule has 2 aliphatic rings. The van der Waals surface area contributed by atoms with Crippen LogP contribution in [0.1, 0.15) is 48.9 Å². The fraction of sp³-hybridized carbons (Fsp3) is 0.433. The average Bonchev–Trinajstić information content (AvgIpc) is 3.53. The zero-order valence-electron chi connectivity index (χ0n) is 21.2. The second-order valence-corrected chi connectivity index (χ2v) is 9.84. The first-order chi connectivity index (χ1) is 17.7. The summed E-state index contributed by atoms with van der Waals surface area (Å²) in [5, 5.41) is 3.28. The number of piperidine rings is 1. The first kappa shape index (κ1) is 24.8. The fourth-order valence-corrected chi connectivity index (χ4v) is 6.04. The zero-order chi connectivity index (χ0) is 25.0. The van der Waals surface area contributed by atoms with Gasteiger partial charge in [-0.2, -0.15) is 0 Å². The van der Waals surface area contributed by atoms with Gasteiger partial charge in [-0.3, -0.25) is 9.69 Å². The maximum absolute atomic E-state index is 12.5. The van der Waals surface area contributed by atoms with E-state index in [1.807, 2.05) is 19.1 Å². The Bertz CT molecular complexity index is 1150. The highest BCUT2D eigenvalue weighted by atomic mass is 16.5. The number of carbonyl (C=O) groups excluding carboxylic acids is 1. The summed E-state index contributed by atoms with van der Waals surface area (Å²) in [5.74, 6) is 0.962. The highest BCUT2D eigenvalue weighted by Gasteiger charge is 2.54. The number of methoxy groups -OCH3 is 1. The van der Waals surface area contributed by atoms with Crippen LogP contribution in [0.5, 0.6) is 0 Å². The SMILES string of the molecule is CCC(=O)N[C@H]1c2ccccc2C2(CCN(Cc3ccccc3-c3ccco3)CC2)[C@@H]1OCCOC. The van der Waals surface area contributed by atoms with E-state index in [9.17, 15) is 4.79 Å². The Labute approximate surface area is 213 Å². The van der Waals surface area contributed by atoms with Crippen molar-refractivity contribution >= 4 is 5.91 Å². The molecule has 1 fully saturated rings. The number of nitrogens with one attached hydrogen (secondary N) is 1. The first-order valence-corrected chi connectivity index (χ1v) is 13.0. The van der Waals surface area contributed by atoms with Crippen molar-refractivity contribution in [3.63, 3.8) is 0 Å². The lowest BCUT2D eigenvalue weighted by Gasteiger charge is -2.44. The van der Waals surface area contributed by atoms with Gasteiger partial charge in [-0.05, 0) is 54.8 Å². The average molecular weight is 489 g/mol. The van der Waals surface area contributed by atoms with Gasteiger partial charge in [0.2, 0.25) is 5.91 Å². The van der Waals surface area contributed by atoms with Crippen molar-refractivity contribution in [2.24, 2.45) is 0 Å². The molecule has 3 aromatic rings. The van der Waals surface area contributed by atoms with Gasteiger partial charge in [-0.15, -0.1) is 0 Å². The molecule has 2 atom stereocenters. The maximum Gasteiger partial charge on any atom is 0.220 e. The van der Waals surface area contributed by atoms with Gasteiger partial charge in [0.25, 0.3) is 0 Å². The number of likely N-dealkylation sites (tertiary alicyclic amines) is 1. The summed E-state index contributed by atoms with van der Waals surface area (Å²) in [4.78, 5) is 15.0. The van der Waals surface area contributed by atoms with E-state index in [0.717, 1.165) is 43.8 Å². The molecular weight excluding hydrogens is 452 g/mol. The monoisotopic (exact) mass is 488 g/mol. The fourth-order valence-electron chi connectivity index (χ4n) is 6.04. The number of fused-ring (bicyclic) bond motifs is 2. The summed E-state index contributed by atoms with van der Waals surface area (Å²) in [6.07, 6.45) is 4.02. The number of furan rings is 1. The Kier molecular flexibility index (Phi) is 7.56. The van der Waals surface area contributed by atoms with Gasteiger partial charge < -0.3 is 19.2 Å². The molecule has 2 heterocycles. The van der Waals surface area contributed by atoms with Crippen molar-refractivity contribution in [1.29, 1.82) is 0 Å². The summed E-state index contributed by atoms with van der Waals surface area (Å²) >= 11 is 0. The minimum absolute atomic E-state index is 0.0548. The van der Waals surface area contributed by atoms with Crippen LogP contribution in [-0.4, -0.2) is 50.3 Å². The van der Waals surface area contributed by atoms with E-state index >= 15 is 0 Å². The highest BCUT2D eigenvalue weighted by molar-refractivity contribution is 5.76. The molecule has 1 N–H and O–H groups in total. The van der Waals surface area contributed by atoms with Crippen LogP contribution >= 0.6 is 0 Å². The second-order valence-electron chi connectivity index (χ2n) is 9.84. The quantitative estimate of drug-likeness (QED) is 0.425. The van der Waals surface area contributed by atoms with Gasteiger partial charge in [0, 0.05) is 31.1 Å². The number of amides is 1. The molecule has 1 spiro atoms. The van der Waals surface area contributed by atoms with Crippen LogP contribution in [0.4, 0.5) is 0 Å². The van der Waals surface area contributed by atoms with Gasteiger partial charge in [0.05, 0.1) is 31.6 Å². The molecule has 190 valence electrons. The zero-order valence-corrected chi connectivity index (χ0v) is 21.2. The topological polar surface area (TPSA) is 63.9 Å². The van der Waals surface area contributed by atoms with Gasteiger partial charge in [0.15, 0.2) is 0 Å². The van der Waals surface area contributed by atoms with Crippen LogP contribution in [0, 0.1) is 0 Å². The third kappa shape index (κ3) is 4.73. The minimum Gasteiger partial charge on any atom is -0.464 e. The summed E-state index contributed by atoms with van der Waals surface area (Å²) in [6.45, 7) is 5.73. The molecule has 1 aliphatic heterocycles. The summed E-state index contributed by atoms with van der Waals surface area (Å²) in [6, 6.07) is 20.9. The molecule has 1 aliphatic carbocycles. The molecule has 6 heteroatoms. The van der Waals surface area contributed by atoms with Crippen LogP contribution in [0.25, 0.3) is 11.3 Å². The van der Waals surface area contributed by atoms with Gasteiger partial charge in [-0.25, -0.2) is 0 Å². The number of hydrogen-bond acceptors (Lipinski definition) is 5. The van der Waals surface area contributed by atoms with Gasteiger partial charge in [0.1, 0.15) is 5.76 Å². The number of carbonyl (C=O) groups is 1. The van der Waals surface area contributed by atoms with Crippen molar-refractivity contribution in [2.45, 2.75) is 50.3 Å². The van der Waals surface area contributed by atoms with E-state index in [0.29, 0.717) is 19.6 Å². The lowest BCUT2D eigenvalue weighted by molar-refractivity contribution is -0.124. The predicted molar refractivity (Wildman–Crippen MR) is 140 cm³/mol. The molecule has 6 nitrogen and oxygen atoms in total. The van der Waals surface area contributed by atoms with E-state index in [1.165, 1.54) is 16.7 Å². The standard InChI is InChI=1S/C30H36N2O4/c1-3-27(33)31-28-24-11-6-7-12-25(24)30(29(28)36-20-19-34-2)14-16-32(17-15-30)21-22-9-4-5-10-23(22)26-13-8-18-35-26/h4-13,18,28-29H,3,14-17,19-21H2,1-2H3,(H,31,33)/t28-,29+/m0/s1. The molecule has 2 aromatic carbocycles. The summed E-state index contributed by atoms with van der Waals surface area (Å²) in [5.41, 5.74) is 4.81. The smallest absolute Gasteiger partial charge is 0.220 e. The van der Waals surface area contributed by atoms with Crippen molar-refractivity contribution in [1.82, 2.24) is 10.2 Å². The molecule has 0 radical (unpaired) electrons. The summed E-state index contributed by atoms with van der Waals surface area (Å²) in [7, 11) is 1.69.